The monoisotopic (exact) mass is 152 g/mol. The fraction of sp³-hybridized carbons (Fsp3) is 0.818. The van der Waals surface area contributed by atoms with Crippen molar-refractivity contribution in [2.24, 2.45) is 11.8 Å². The second-order valence-electron chi connectivity index (χ2n) is 3.76. The van der Waals surface area contributed by atoms with Gasteiger partial charge in [-0.05, 0) is 24.7 Å². The van der Waals surface area contributed by atoms with E-state index in [4.69, 9.17) is 0 Å². The van der Waals surface area contributed by atoms with E-state index >= 15 is 0 Å². The van der Waals surface area contributed by atoms with Crippen LogP contribution in [0.15, 0.2) is 12.2 Å². The summed E-state index contributed by atoms with van der Waals surface area (Å²) < 4.78 is 0. The minimum Gasteiger partial charge on any atom is -0.0885 e. The van der Waals surface area contributed by atoms with Crippen molar-refractivity contribution in [1.29, 1.82) is 0 Å². The number of hydrogen-bond donors (Lipinski definition) is 0. The fourth-order valence-electron chi connectivity index (χ4n) is 1.94. The number of hydrogen-bond acceptors (Lipinski definition) is 0. The van der Waals surface area contributed by atoms with Gasteiger partial charge in [0, 0.05) is 0 Å². The van der Waals surface area contributed by atoms with Gasteiger partial charge in [-0.25, -0.2) is 0 Å². The highest BCUT2D eigenvalue weighted by molar-refractivity contribution is 4.91. The molecule has 64 valence electrons. The van der Waals surface area contributed by atoms with Crippen molar-refractivity contribution >= 4 is 0 Å². The van der Waals surface area contributed by atoms with Crippen LogP contribution in [0.3, 0.4) is 0 Å². The van der Waals surface area contributed by atoms with Gasteiger partial charge in [0.05, 0.1) is 0 Å². The van der Waals surface area contributed by atoms with Gasteiger partial charge in [-0.3, -0.25) is 0 Å². The summed E-state index contributed by atoms with van der Waals surface area (Å²) >= 11 is 0. The van der Waals surface area contributed by atoms with Crippen LogP contribution in [0.2, 0.25) is 0 Å². The van der Waals surface area contributed by atoms with E-state index in [0.717, 1.165) is 11.8 Å². The average Bonchev–Trinajstić information content (AvgIpc) is 2.03. The summed E-state index contributed by atoms with van der Waals surface area (Å²) in [6.45, 7) is 4.60. The van der Waals surface area contributed by atoms with Gasteiger partial charge in [0.25, 0.3) is 0 Å². The molecule has 0 aromatic rings. The third-order valence-corrected chi connectivity index (χ3v) is 2.80. The lowest BCUT2D eigenvalue weighted by Gasteiger charge is -2.25. The Balaban J connectivity index is 2.35. The molecule has 0 heterocycles. The molecule has 0 spiro atoms. The Hall–Kier alpha value is -0.260. The molecule has 0 saturated heterocycles. The zero-order valence-electron chi connectivity index (χ0n) is 7.84. The molecule has 0 N–H and O–H groups in total. The van der Waals surface area contributed by atoms with E-state index in [2.05, 4.69) is 26.0 Å². The van der Waals surface area contributed by atoms with E-state index in [-0.39, 0.29) is 0 Å². The summed E-state index contributed by atoms with van der Waals surface area (Å²) in [7, 11) is 0. The Labute approximate surface area is 70.7 Å². The summed E-state index contributed by atoms with van der Waals surface area (Å²) in [4.78, 5) is 0. The molecule has 0 aliphatic heterocycles. The van der Waals surface area contributed by atoms with E-state index < -0.39 is 0 Å². The second kappa shape index (κ2) is 4.58. The first-order chi connectivity index (χ1) is 5.34. The van der Waals surface area contributed by atoms with Crippen LogP contribution in [0.4, 0.5) is 0 Å². The summed E-state index contributed by atoms with van der Waals surface area (Å²) in [6, 6.07) is 0. The van der Waals surface area contributed by atoms with Crippen LogP contribution in [-0.2, 0) is 0 Å². The van der Waals surface area contributed by atoms with E-state index in [1.54, 1.807) is 0 Å². The van der Waals surface area contributed by atoms with Crippen molar-refractivity contribution in [3.05, 3.63) is 12.2 Å². The number of allylic oxidation sites excluding steroid dienone is 2. The fourth-order valence-corrected chi connectivity index (χ4v) is 1.94. The van der Waals surface area contributed by atoms with Crippen LogP contribution in [0.5, 0.6) is 0 Å². The molecule has 2 atom stereocenters. The number of rotatable bonds is 2. The maximum absolute atomic E-state index is 2.43. The van der Waals surface area contributed by atoms with Gasteiger partial charge in [-0.2, -0.15) is 0 Å². The highest BCUT2D eigenvalue weighted by atomic mass is 14.2. The first kappa shape index (κ1) is 8.83. The van der Waals surface area contributed by atoms with Crippen LogP contribution in [-0.4, -0.2) is 0 Å². The van der Waals surface area contributed by atoms with Crippen molar-refractivity contribution < 1.29 is 0 Å². The maximum atomic E-state index is 2.43. The molecule has 11 heavy (non-hydrogen) atoms. The predicted molar refractivity (Wildman–Crippen MR) is 50.6 cm³/mol. The summed E-state index contributed by atoms with van der Waals surface area (Å²) in [5, 5.41) is 0. The minimum absolute atomic E-state index is 0.892. The van der Waals surface area contributed by atoms with Gasteiger partial charge in [0.2, 0.25) is 0 Å². The normalized spacial score (nSPS) is 32.9. The lowest BCUT2D eigenvalue weighted by Crippen LogP contribution is -2.13. The van der Waals surface area contributed by atoms with Gasteiger partial charge in [-0.15, -0.1) is 0 Å². The predicted octanol–water partition coefficient (Wildman–Crippen LogP) is 3.78. The van der Waals surface area contributed by atoms with E-state index in [1.807, 2.05) is 0 Å². The van der Waals surface area contributed by atoms with Crippen molar-refractivity contribution in [3.8, 4) is 0 Å². The van der Waals surface area contributed by atoms with Gasteiger partial charge in [0.15, 0.2) is 0 Å². The van der Waals surface area contributed by atoms with Gasteiger partial charge in [0.1, 0.15) is 0 Å². The summed E-state index contributed by atoms with van der Waals surface area (Å²) in [5.74, 6) is 1.83. The first-order valence-corrected chi connectivity index (χ1v) is 5.01. The SMILES string of the molecule is CC/C=C\[C@@H]1CCCC[C@@H]1C. The molecular weight excluding hydrogens is 132 g/mol. The lowest BCUT2D eigenvalue weighted by atomic mass is 9.80. The first-order valence-electron chi connectivity index (χ1n) is 5.01. The van der Waals surface area contributed by atoms with Crippen LogP contribution < -0.4 is 0 Å². The van der Waals surface area contributed by atoms with Crippen LogP contribution in [0, 0.1) is 11.8 Å². The molecule has 0 bridgehead atoms. The van der Waals surface area contributed by atoms with E-state index in [9.17, 15) is 0 Å². The van der Waals surface area contributed by atoms with Crippen LogP contribution in [0.1, 0.15) is 46.0 Å². The second-order valence-corrected chi connectivity index (χ2v) is 3.76. The van der Waals surface area contributed by atoms with Gasteiger partial charge >= 0.3 is 0 Å². The molecule has 0 aromatic heterocycles. The van der Waals surface area contributed by atoms with Crippen molar-refractivity contribution in [3.63, 3.8) is 0 Å². The molecule has 0 nitrogen and oxygen atoms in total. The minimum atomic E-state index is 0.892. The van der Waals surface area contributed by atoms with Crippen LogP contribution in [0.25, 0.3) is 0 Å². The maximum Gasteiger partial charge on any atom is -0.0208 e. The Bertz CT molecular complexity index is 124. The molecule has 1 saturated carbocycles. The average molecular weight is 152 g/mol. The Morgan fingerprint density at radius 1 is 1.27 bits per heavy atom. The van der Waals surface area contributed by atoms with E-state index in [1.165, 1.54) is 32.1 Å². The molecular formula is C11H20. The zero-order chi connectivity index (χ0) is 8.10. The third kappa shape index (κ3) is 2.69. The molecule has 0 heteroatoms. The molecule has 0 aromatic carbocycles. The molecule has 1 aliphatic rings. The summed E-state index contributed by atoms with van der Waals surface area (Å²) in [6.07, 6.45) is 11.7. The highest BCUT2D eigenvalue weighted by Gasteiger charge is 2.17. The Kier molecular flexibility index (Phi) is 3.68. The highest BCUT2D eigenvalue weighted by Crippen LogP contribution is 2.30. The molecule has 0 amide bonds. The quantitative estimate of drug-likeness (QED) is 0.528. The molecule has 1 rings (SSSR count). The van der Waals surface area contributed by atoms with Crippen LogP contribution >= 0.6 is 0 Å². The molecule has 1 fully saturated rings. The molecule has 1 aliphatic carbocycles. The topological polar surface area (TPSA) is 0 Å². The smallest absolute Gasteiger partial charge is 0.0208 e. The van der Waals surface area contributed by atoms with Gasteiger partial charge < -0.3 is 0 Å². The third-order valence-electron chi connectivity index (χ3n) is 2.80. The Morgan fingerprint density at radius 3 is 2.64 bits per heavy atom. The molecule has 0 radical (unpaired) electrons. The lowest BCUT2D eigenvalue weighted by molar-refractivity contribution is 0.306. The molecule has 0 unspecified atom stereocenters. The standard InChI is InChI=1S/C11H20/c1-3-4-8-11-9-6-5-7-10(11)2/h4,8,10-11H,3,5-7,9H2,1-2H3/b8-4-/t10-,11+/m0/s1. The van der Waals surface area contributed by atoms with E-state index in [0.29, 0.717) is 0 Å². The van der Waals surface area contributed by atoms with Crippen molar-refractivity contribution in [2.45, 2.75) is 46.0 Å². The van der Waals surface area contributed by atoms with Gasteiger partial charge in [-0.1, -0.05) is 45.3 Å². The zero-order valence-corrected chi connectivity index (χ0v) is 7.84. The summed E-state index contributed by atoms with van der Waals surface area (Å²) in [5.41, 5.74) is 0. The van der Waals surface area contributed by atoms with Crippen molar-refractivity contribution in [1.82, 2.24) is 0 Å². The Morgan fingerprint density at radius 2 is 2.00 bits per heavy atom. The van der Waals surface area contributed by atoms with Crippen molar-refractivity contribution in [2.75, 3.05) is 0 Å². The largest absolute Gasteiger partial charge is 0.0885 e.